The number of para-hydroxylation sites is 2. The molecule has 150 valence electrons. The van der Waals surface area contributed by atoms with E-state index in [1.807, 2.05) is 71.8 Å². The molecule has 31 heavy (non-hydrogen) atoms. The van der Waals surface area contributed by atoms with Crippen LogP contribution in [0.25, 0.3) is 11.1 Å². The second-order valence-corrected chi connectivity index (χ2v) is 7.80. The Bertz CT molecular complexity index is 1030. The van der Waals surface area contributed by atoms with Crippen LogP contribution in [0, 0.1) is 17.4 Å². The minimum atomic E-state index is 0. The van der Waals surface area contributed by atoms with Gasteiger partial charge < -0.3 is 15.0 Å². The third-order valence-electron chi connectivity index (χ3n) is 5.83. The predicted octanol–water partition coefficient (Wildman–Crippen LogP) is 2.51. The molecule has 1 heterocycles. The Labute approximate surface area is 206 Å². The smallest absolute Gasteiger partial charge is 0.376 e. The summed E-state index contributed by atoms with van der Waals surface area (Å²) in [5.74, 6) is 0.856. The Balaban J connectivity index is 0.000000227. The van der Waals surface area contributed by atoms with Crippen LogP contribution in [0.15, 0.2) is 78.9 Å². The first-order valence-electron chi connectivity index (χ1n) is 10.3. The van der Waals surface area contributed by atoms with Crippen molar-refractivity contribution in [1.29, 1.82) is 5.26 Å². The molecule has 4 nitrogen and oxygen atoms in total. The summed E-state index contributed by atoms with van der Waals surface area (Å²) in [6.45, 7) is 1.04. The molecule has 0 radical (unpaired) electrons. The summed E-state index contributed by atoms with van der Waals surface area (Å²) in [5, 5.41) is 12.0. The van der Waals surface area contributed by atoms with E-state index in [0.717, 1.165) is 35.0 Å². The molecular formula is C26H24N3NaO. The Kier molecular flexibility index (Phi) is 8.31. The summed E-state index contributed by atoms with van der Waals surface area (Å²) >= 11 is 0. The molecule has 3 aromatic carbocycles. The van der Waals surface area contributed by atoms with E-state index in [9.17, 15) is 4.79 Å². The number of hydrogen-bond acceptors (Lipinski definition) is 4. The van der Waals surface area contributed by atoms with Gasteiger partial charge in [0, 0.05) is 29.5 Å². The molecule has 1 aliphatic heterocycles. The van der Waals surface area contributed by atoms with Crippen molar-refractivity contribution in [2.45, 2.75) is 25.3 Å². The number of benzene rings is 3. The summed E-state index contributed by atoms with van der Waals surface area (Å²) < 4.78 is 0. The predicted molar refractivity (Wildman–Crippen MR) is 120 cm³/mol. The summed E-state index contributed by atoms with van der Waals surface area (Å²) in [6.07, 6.45) is 8.03. The molecule has 1 aliphatic carbocycles. The Morgan fingerprint density at radius 2 is 1.65 bits per heavy atom. The van der Waals surface area contributed by atoms with Gasteiger partial charge in [-0.3, -0.25) is 0 Å². The van der Waals surface area contributed by atoms with Crippen molar-refractivity contribution < 1.29 is 34.4 Å². The van der Waals surface area contributed by atoms with Crippen LogP contribution in [0.3, 0.4) is 0 Å². The number of nitriles is 1. The molecule has 5 heteroatoms. The molecule has 3 aromatic rings. The van der Waals surface area contributed by atoms with Crippen molar-refractivity contribution in [3.63, 3.8) is 0 Å². The quantitative estimate of drug-likeness (QED) is 0.403. The second kappa shape index (κ2) is 11.2. The summed E-state index contributed by atoms with van der Waals surface area (Å²) in [4.78, 5) is 12.6. The molecule has 1 saturated carbocycles. The molecule has 0 aromatic heterocycles. The van der Waals surface area contributed by atoms with Crippen LogP contribution in [-0.4, -0.2) is 23.8 Å². The third kappa shape index (κ3) is 5.77. The zero-order valence-corrected chi connectivity index (χ0v) is 19.8. The third-order valence-corrected chi connectivity index (χ3v) is 5.83. The van der Waals surface area contributed by atoms with Gasteiger partial charge in [-0.25, -0.2) is 0 Å². The summed E-state index contributed by atoms with van der Waals surface area (Å²) in [5.41, 5.74) is 4.80. The van der Waals surface area contributed by atoms with Gasteiger partial charge >= 0.3 is 29.6 Å². The monoisotopic (exact) mass is 417 g/mol. The first kappa shape index (κ1) is 23.1. The van der Waals surface area contributed by atoms with Crippen molar-refractivity contribution in [1.82, 2.24) is 4.90 Å². The van der Waals surface area contributed by atoms with Gasteiger partial charge in [-0.15, -0.1) is 12.1 Å². The van der Waals surface area contributed by atoms with Crippen LogP contribution in [0.4, 0.5) is 11.4 Å². The van der Waals surface area contributed by atoms with Gasteiger partial charge in [-0.2, -0.15) is 23.0 Å². The number of nitrogens with zero attached hydrogens (tertiary/aromatic N) is 2. The number of nitrogens with one attached hydrogen (secondary N) is 1. The SMILES string of the molecule is N#CN1CC2CCC1C2.O=[C-]c1ccc(-c2ccccc2Nc2ccccc2)cc1.[Na+]. The van der Waals surface area contributed by atoms with E-state index in [1.54, 1.807) is 12.1 Å². The van der Waals surface area contributed by atoms with E-state index in [-0.39, 0.29) is 29.6 Å². The van der Waals surface area contributed by atoms with Crippen LogP contribution in [0.2, 0.25) is 0 Å². The zero-order valence-electron chi connectivity index (χ0n) is 17.8. The van der Waals surface area contributed by atoms with E-state index in [2.05, 4.69) is 17.6 Å². The van der Waals surface area contributed by atoms with Crippen LogP contribution in [0.5, 0.6) is 0 Å². The van der Waals surface area contributed by atoms with E-state index < -0.39 is 0 Å². The summed E-state index contributed by atoms with van der Waals surface area (Å²) in [6, 6.07) is 26.2. The van der Waals surface area contributed by atoms with E-state index in [0.29, 0.717) is 11.6 Å². The van der Waals surface area contributed by atoms with Crippen molar-refractivity contribution in [2.75, 3.05) is 11.9 Å². The molecule has 2 atom stereocenters. The van der Waals surface area contributed by atoms with Gasteiger partial charge in [0.25, 0.3) is 0 Å². The zero-order chi connectivity index (χ0) is 20.8. The maximum Gasteiger partial charge on any atom is 1.00 e. The second-order valence-electron chi connectivity index (χ2n) is 7.80. The minimum Gasteiger partial charge on any atom is -0.376 e. The molecule has 2 bridgehead atoms. The fourth-order valence-electron chi connectivity index (χ4n) is 4.29. The molecule has 2 unspecified atom stereocenters. The fraction of sp³-hybridized carbons (Fsp3) is 0.231. The first-order valence-corrected chi connectivity index (χ1v) is 10.3. The molecular weight excluding hydrogens is 393 g/mol. The van der Waals surface area contributed by atoms with Crippen LogP contribution < -0.4 is 34.9 Å². The number of hydrogen-bond donors (Lipinski definition) is 1. The maximum atomic E-state index is 10.6. The average Bonchev–Trinajstić information content (AvgIpc) is 3.44. The molecule has 1 saturated heterocycles. The van der Waals surface area contributed by atoms with Crippen molar-refractivity contribution in [2.24, 2.45) is 5.92 Å². The number of likely N-dealkylation sites (tertiary alicyclic amines) is 1. The van der Waals surface area contributed by atoms with Crippen LogP contribution >= 0.6 is 0 Å². The topological polar surface area (TPSA) is 56.1 Å². The van der Waals surface area contributed by atoms with E-state index >= 15 is 0 Å². The largest absolute Gasteiger partial charge is 1.00 e. The Morgan fingerprint density at radius 3 is 2.23 bits per heavy atom. The number of anilines is 2. The minimum absolute atomic E-state index is 0. The van der Waals surface area contributed by atoms with Crippen LogP contribution in [0.1, 0.15) is 24.8 Å². The molecule has 2 aliphatic rings. The number of carbonyl (C=O) groups excluding carboxylic acids is 1. The Hall–Kier alpha value is -2.58. The van der Waals surface area contributed by atoms with Gasteiger partial charge in [-0.05, 0) is 48.9 Å². The van der Waals surface area contributed by atoms with E-state index in [1.165, 1.54) is 19.3 Å². The van der Waals surface area contributed by atoms with Gasteiger partial charge in [0.2, 0.25) is 0 Å². The first-order chi connectivity index (χ1) is 14.8. The van der Waals surface area contributed by atoms with Gasteiger partial charge in [-0.1, -0.05) is 36.4 Å². The Morgan fingerprint density at radius 1 is 0.935 bits per heavy atom. The van der Waals surface area contributed by atoms with Gasteiger partial charge in [0.1, 0.15) is 0 Å². The molecule has 1 N–H and O–H groups in total. The fourth-order valence-corrected chi connectivity index (χ4v) is 4.29. The van der Waals surface area contributed by atoms with Gasteiger partial charge in [0.15, 0.2) is 6.19 Å². The maximum absolute atomic E-state index is 10.6. The van der Waals surface area contributed by atoms with E-state index in [4.69, 9.17) is 5.26 Å². The number of fused-ring (bicyclic) bond motifs is 2. The number of piperidine rings is 1. The molecule has 0 spiro atoms. The van der Waals surface area contributed by atoms with Crippen molar-refractivity contribution in [3.05, 3.63) is 84.4 Å². The average molecular weight is 417 g/mol. The molecule has 0 amide bonds. The van der Waals surface area contributed by atoms with Crippen LogP contribution in [-0.2, 0) is 4.79 Å². The normalized spacial score (nSPS) is 18.2. The standard InChI is InChI=1S/C19H14NO.C7H10N2.Na/c21-14-15-10-12-16(13-11-15)18-8-4-5-9-19(18)20-17-6-2-1-3-7-17;8-5-9-4-6-1-2-7(9)3-6;/h1-13,20H;6-7H,1-4H2;/q-1;;+1. The molecule has 5 rings (SSSR count). The van der Waals surface area contributed by atoms with Gasteiger partial charge in [0.05, 0.1) is 6.29 Å². The summed E-state index contributed by atoms with van der Waals surface area (Å²) in [7, 11) is 0. The number of rotatable bonds is 4. The molecule has 2 fully saturated rings. The van der Waals surface area contributed by atoms with Crippen molar-refractivity contribution in [3.8, 4) is 17.3 Å². The van der Waals surface area contributed by atoms with Crippen molar-refractivity contribution >= 4 is 17.7 Å².